The Kier molecular flexibility index (Phi) is 3.11. The number of carbonyl (C=O) groups excluding carboxylic acids is 1. The van der Waals surface area contributed by atoms with Gasteiger partial charge in [0.2, 0.25) is 5.91 Å². The summed E-state index contributed by atoms with van der Waals surface area (Å²) in [6.07, 6.45) is 0.251. The molecule has 1 fully saturated rings. The zero-order valence-electron chi connectivity index (χ0n) is 8.58. The van der Waals surface area contributed by atoms with Crippen molar-refractivity contribution in [1.29, 1.82) is 5.26 Å². The van der Waals surface area contributed by atoms with Gasteiger partial charge in [-0.15, -0.1) is 0 Å². The first kappa shape index (κ1) is 12.0. The van der Waals surface area contributed by atoms with Crippen molar-refractivity contribution < 1.29 is 13.6 Å². The maximum atomic E-state index is 13.6. The molecule has 0 spiro atoms. The molecule has 88 valence electrons. The van der Waals surface area contributed by atoms with E-state index in [1.54, 1.807) is 6.07 Å². The van der Waals surface area contributed by atoms with Gasteiger partial charge in [-0.25, -0.2) is 8.78 Å². The number of carbonyl (C=O) groups is 1. The van der Waals surface area contributed by atoms with E-state index in [4.69, 9.17) is 5.26 Å². The summed E-state index contributed by atoms with van der Waals surface area (Å²) in [5.41, 5.74) is -0.485. The summed E-state index contributed by atoms with van der Waals surface area (Å²) in [6, 6.07) is 3.24. The quantitative estimate of drug-likeness (QED) is 0.747. The Morgan fingerprint density at radius 3 is 2.65 bits per heavy atom. The molecule has 1 atom stereocenters. The molecule has 1 aromatic carbocycles. The lowest BCUT2D eigenvalue weighted by atomic mass is 10.2. The minimum absolute atomic E-state index is 0.0619. The number of benzene rings is 1. The third kappa shape index (κ3) is 2.15. The summed E-state index contributed by atoms with van der Waals surface area (Å²) in [6.45, 7) is 0.293. The van der Waals surface area contributed by atoms with Crippen LogP contribution in [0.4, 0.5) is 14.5 Å². The van der Waals surface area contributed by atoms with Crippen molar-refractivity contribution >= 4 is 27.5 Å². The van der Waals surface area contributed by atoms with Gasteiger partial charge >= 0.3 is 0 Å². The molecule has 0 saturated carbocycles. The average molecular weight is 301 g/mol. The molecule has 0 aliphatic carbocycles. The smallest absolute Gasteiger partial charge is 0.228 e. The highest BCUT2D eigenvalue weighted by molar-refractivity contribution is 9.09. The summed E-state index contributed by atoms with van der Waals surface area (Å²) < 4.78 is 27.0. The van der Waals surface area contributed by atoms with Gasteiger partial charge in [-0.3, -0.25) is 4.79 Å². The fourth-order valence-electron chi connectivity index (χ4n) is 1.73. The van der Waals surface area contributed by atoms with Crippen molar-refractivity contribution in [3.63, 3.8) is 0 Å². The van der Waals surface area contributed by atoms with Gasteiger partial charge in [0.1, 0.15) is 17.7 Å². The van der Waals surface area contributed by atoms with Crippen LogP contribution in [0.2, 0.25) is 0 Å². The predicted molar refractivity (Wildman–Crippen MR) is 60.8 cm³/mol. The molecule has 0 N–H and O–H groups in total. The van der Waals surface area contributed by atoms with Crippen LogP contribution in [0.5, 0.6) is 0 Å². The highest BCUT2D eigenvalue weighted by atomic mass is 79.9. The molecule has 0 aromatic heterocycles. The number of alkyl halides is 1. The minimum Gasteiger partial charge on any atom is -0.308 e. The molecule has 1 unspecified atom stereocenters. The Bertz CT molecular complexity index is 527. The van der Waals surface area contributed by atoms with E-state index < -0.39 is 11.6 Å². The van der Waals surface area contributed by atoms with Crippen LogP contribution < -0.4 is 4.90 Å². The van der Waals surface area contributed by atoms with Gasteiger partial charge in [-0.2, -0.15) is 5.26 Å². The maximum Gasteiger partial charge on any atom is 0.228 e. The van der Waals surface area contributed by atoms with Gasteiger partial charge in [0.25, 0.3) is 0 Å². The van der Waals surface area contributed by atoms with Crippen LogP contribution >= 0.6 is 15.9 Å². The second-order valence-electron chi connectivity index (χ2n) is 3.70. The SMILES string of the molecule is N#Cc1cc(F)c(N2CC(Br)CC2=O)cc1F. The molecular formula is C11H7BrF2N2O. The summed E-state index contributed by atoms with van der Waals surface area (Å²) in [5.74, 6) is -1.86. The first-order valence-electron chi connectivity index (χ1n) is 4.86. The lowest BCUT2D eigenvalue weighted by Crippen LogP contribution is -2.25. The van der Waals surface area contributed by atoms with Crippen molar-refractivity contribution in [1.82, 2.24) is 0 Å². The van der Waals surface area contributed by atoms with Crippen molar-refractivity contribution in [2.24, 2.45) is 0 Å². The van der Waals surface area contributed by atoms with E-state index in [1.165, 1.54) is 4.90 Å². The Hall–Kier alpha value is -1.48. The molecule has 1 heterocycles. The molecule has 17 heavy (non-hydrogen) atoms. The van der Waals surface area contributed by atoms with E-state index >= 15 is 0 Å². The number of halogens is 3. The van der Waals surface area contributed by atoms with E-state index in [1.807, 2.05) is 0 Å². The van der Waals surface area contributed by atoms with Crippen LogP contribution in [0.25, 0.3) is 0 Å². The summed E-state index contributed by atoms with van der Waals surface area (Å²) >= 11 is 3.26. The monoisotopic (exact) mass is 300 g/mol. The highest BCUT2D eigenvalue weighted by Crippen LogP contribution is 2.29. The number of nitrogens with zero attached hydrogens (tertiary/aromatic N) is 2. The number of anilines is 1. The summed E-state index contributed by atoms with van der Waals surface area (Å²) in [5, 5.41) is 8.55. The predicted octanol–water partition coefficient (Wildman–Crippen LogP) is 2.34. The van der Waals surface area contributed by atoms with Gasteiger partial charge in [0, 0.05) is 23.9 Å². The number of amides is 1. The molecule has 6 heteroatoms. The number of rotatable bonds is 1. The van der Waals surface area contributed by atoms with Gasteiger partial charge in [0.15, 0.2) is 0 Å². The van der Waals surface area contributed by atoms with E-state index in [0.29, 0.717) is 6.54 Å². The first-order valence-corrected chi connectivity index (χ1v) is 5.78. The molecule has 0 bridgehead atoms. The molecule has 3 nitrogen and oxygen atoms in total. The van der Waals surface area contributed by atoms with E-state index in [0.717, 1.165) is 12.1 Å². The highest BCUT2D eigenvalue weighted by Gasteiger charge is 2.31. The van der Waals surface area contributed by atoms with Crippen LogP contribution in [0.1, 0.15) is 12.0 Å². The largest absolute Gasteiger partial charge is 0.308 e. The van der Waals surface area contributed by atoms with Crippen molar-refractivity contribution in [3.05, 3.63) is 29.3 Å². The van der Waals surface area contributed by atoms with E-state index in [2.05, 4.69) is 15.9 Å². The zero-order chi connectivity index (χ0) is 12.6. The third-order valence-electron chi connectivity index (χ3n) is 2.53. The molecule has 1 aliphatic heterocycles. The third-order valence-corrected chi connectivity index (χ3v) is 3.14. The van der Waals surface area contributed by atoms with Crippen LogP contribution in [0, 0.1) is 23.0 Å². The van der Waals surface area contributed by atoms with Crippen molar-refractivity contribution in [2.75, 3.05) is 11.4 Å². The molecule has 0 radical (unpaired) electrons. The second-order valence-corrected chi connectivity index (χ2v) is 5.00. The molecule has 1 amide bonds. The molecule has 2 rings (SSSR count). The van der Waals surface area contributed by atoms with Gasteiger partial charge in [-0.05, 0) is 6.07 Å². The summed E-state index contributed by atoms with van der Waals surface area (Å²) in [4.78, 5) is 12.7. The number of nitriles is 1. The summed E-state index contributed by atoms with van der Waals surface area (Å²) in [7, 11) is 0. The van der Waals surface area contributed by atoms with Crippen LogP contribution in [-0.4, -0.2) is 17.3 Å². The molecular weight excluding hydrogens is 294 g/mol. The Morgan fingerprint density at radius 2 is 2.12 bits per heavy atom. The zero-order valence-corrected chi connectivity index (χ0v) is 10.2. The van der Waals surface area contributed by atoms with Gasteiger partial charge < -0.3 is 4.90 Å². The topological polar surface area (TPSA) is 44.1 Å². The molecule has 1 saturated heterocycles. The van der Waals surface area contributed by atoms with E-state index in [9.17, 15) is 13.6 Å². The first-order chi connectivity index (χ1) is 8.02. The van der Waals surface area contributed by atoms with Crippen LogP contribution in [-0.2, 0) is 4.79 Å². The fraction of sp³-hybridized carbons (Fsp3) is 0.273. The normalized spacial score (nSPS) is 19.5. The number of hydrogen-bond acceptors (Lipinski definition) is 2. The van der Waals surface area contributed by atoms with Crippen molar-refractivity contribution in [3.8, 4) is 6.07 Å². The fourth-order valence-corrected chi connectivity index (χ4v) is 2.29. The standard InChI is InChI=1S/C11H7BrF2N2O/c12-7-2-11(17)16(5-7)10-3-8(13)6(4-15)1-9(10)14/h1,3,7H,2,5H2. The Labute approximate surface area is 105 Å². The van der Waals surface area contributed by atoms with Gasteiger partial charge in [-0.1, -0.05) is 15.9 Å². The van der Waals surface area contributed by atoms with Crippen molar-refractivity contribution in [2.45, 2.75) is 11.2 Å². The lowest BCUT2D eigenvalue weighted by Gasteiger charge is -2.17. The average Bonchev–Trinajstić information content (AvgIpc) is 2.60. The van der Waals surface area contributed by atoms with E-state index in [-0.39, 0.29) is 28.4 Å². The lowest BCUT2D eigenvalue weighted by molar-refractivity contribution is -0.117. The van der Waals surface area contributed by atoms with Crippen LogP contribution in [0.15, 0.2) is 12.1 Å². The molecule has 1 aromatic rings. The maximum absolute atomic E-state index is 13.6. The van der Waals surface area contributed by atoms with Gasteiger partial charge in [0.05, 0.1) is 11.3 Å². The minimum atomic E-state index is -0.824. The number of hydrogen-bond donors (Lipinski definition) is 0. The second kappa shape index (κ2) is 4.41. The van der Waals surface area contributed by atoms with Crippen LogP contribution in [0.3, 0.4) is 0 Å². The molecule has 1 aliphatic rings. The Balaban J connectivity index is 2.44. The Morgan fingerprint density at radius 1 is 1.41 bits per heavy atom.